The van der Waals surface area contributed by atoms with E-state index >= 15 is 0 Å². The van der Waals surface area contributed by atoms with Crippen LogP contribution in [-0.2, 0) is 4.79 Å². The Balaban J connectivity index is 1.34. The molecule has 1 aromatic heterocycles. The first-order chi connectivity index (χ1) is 20.9. The van der Waals surface area contributed by atoms with Gasteiger partial charge in [-0.15, -0.1) is 11.3 Å². The molecule has 5 nitrogen and oxygen atoms in total. The van der Waals surface area contributed by atoms with Gasteiger partial charge >= 0.3 is 5.97 Å². The van der Waals surface area contributed by atoms with Gasteiger partial charge in [-0.05, 0) is 123 Å². The van der Waals surface area contributed by atoms with Crippen LogP contribution in [0, 0.1) is 25.7 Å². The molecule has 43 heavy (non-hydrogen) atoms. The van der Waals surface area contributed by atoms with Gasteiger partial charge in [0.2, 0.25) is 0 Å². The summed E-state index contributed by atoms with van der Waals surface area (Å²) < 4.78 is 11.7. The summed E-state index contributed by atoms with van der Waals surface area (Å²) in [5.41, 5.74) is 6.31. The number of nitrogens with zero attached hydrogens (tertiary/aromatic N) is 1. The zero-order valence-corrected chi connectivity index (χ0v) is 25.7. The lowest BCUT2D eigenvalue weighted by atomic mass is 9.95. The Labute approximate surface area is 258 Å². The fraction of sp³-hybridized carbons (Fsp3) is 0.270. The van der Waals surface area contributed by atoms with Crippen molar-refractivity contribution in [3.8, 4) is 33.8 Å². The predicted molar refractivity (Wildman–Crippen MR) is 175 cm³/mol. The molecule has 5 rings (SSSR count). The molecule has 1 unspecified atom stereocenters. The van der Waals surface area contributed by atoms with Crippen molar-refractivity contribution in [3.63, 3.8) is 0 Å². The minimum absolute atomic E-state index is 0.365. The summed E-state index contributed by atoms with van der Waals surface area (Å²) >= 11 is 1.80. The number of carboxylic acids is 1. The van der Waals surface area contributed by atoms with Gasteiger partial charge in [0, 0.05) is 15.3 Å². The fourth-order valence-electron chi connectivity index (χ4n) is 5.04. The molecule has 1 aliphatic heterocycles. The van der Waals surface area contributed by atoms with E-state index in [1.54, 1.807) is 23.5 Å². The van der Waals surface area contributed by atoms with Gasteiger partial charge in [-0.1, -0.05) is 48.2 Å². The molecule has 6 heteroatoms. The summed E-state index contributed by atoms with van der Waals surface area (Å²) in [6.07, 6.45) is 3.72. The first-order valence-corrected chi connectivity index (χ1v) is 15.5. The van der Waals surface area contributed by atoms with E-state index < -0.39 is 12.1 Å². The van der Waals surface area contributed by atoms with E-state index in [4.69, 9.17) is 14.6 Å². The second-order valence-electron chi connectivity index (χ2n) is 10.8. The number of hydrogen-bond donors (Lipinski definition) is 1. The number of hydrogen-bond acceptors (Lipinski definition) is 5. The van der Waals surface area contributed by atoms with Gasteiger partial charge in [0.1, 0.15) is 18.1 Å². The molecular weight excluding hydrogens is 554 g/mol. The van der Waals surface area contributed by atoms with Gasteiger partial charge < -0.3 is 14.6 Å². The van der Waals surface area contributed by atoms with Gasteiger partial charge in [-0.2, -0.15) is 0 Å². The van der Waals surface area contributed by atoms with Gasteiger partial charge in [0.15, 0.2) is 6.10 Å². The summed E-state index contributed by atoms with van der Waals surface area (Å²) in [5.74, 6) is 6.87. The maximum absolute atomic E-state index is 11.2. The molecule has 1 aliphatic rings. The number of aryl methyl sites for hydroxylation is 2. The van der Waals surface area contributed by atoms with Crippen LogP contribution in [0.1, 0.15) is 46.9 Å². The second-order valence-corrected chi connectivity index (χ2v) is 12.1. The van der Waals surface area contributed by atoms with E-state index in [0.29, 0.717) is 18.1 Å². The van der Waals surface area contributed by atoms with Crippen molar-refractivity contribution in [1.82, 2.24) is 4.90 Å². The van der Waals surface area contributed by atoms with Crippen LogP contribution < -0.4 is 9.47 Å². The lowest BCUT2D eigenvalue weighted by molar-refractivity contribution is -0.144. The highest BCUT2D eigenvalue weighted by atomic mass is 32.1. The quantitative estimate of drug-likeness (QED) is 0.190. The van der Waals surface area contributed by atoms with E-state index in [1.807, 2.05) is 13.0 Å². The van der Waals surface area contributed by atoms with Crippen molar-refractivity contribution in [2.75, 3.05) is 26.2 Å². The molecule has 0 radical (unpaired) electrons. The normalized spacial score (nSPS) is 14.2. The molecule has 0 saturated carbocycles. The molecule has 4 aromatic rings. The highest BCUT2D eigenvalue weighted by Gasteiger charge is 2.14. The number of rotatable bonds is 10. The molecule has 1 saturated heterocycles. The van der Waals surface area contributed by atoms with Crippen LogP contribution in [0.2, 0.25) is 0 Å². The predicted octanol–water partition coefficient (Wildman–Crippen LogP) is 7.84. The summed E-state index contributed by atoms with van der Waals surface area (Å²) in [6, 6.07) is 26.9. The maximum Gasteiger partial charge on any atom is 0.344 e. The highest BCUT2D eigenvalue weighted by molar-refractivity contribution is 7.15. The molecule has 1 fully saturated rings. The summed E-state index contributed by atoms with van der Waals surface area (Å²) in [7, 11) is 0. The third kappa shape index (κ3) is 8.16. The van der Waals surface area contributed by atoms with Crippen LogP contribution in [0.4, 0.5) is 0 Å². The lowest BCUT2D eigenvalue weighted by Crippen LogP contribution is -2.23. The van der Waals surface area contributed by atoms with E-state index in [9.17, 15) is 4.79 Å². The molecule has 0 bridgehead atoms. The zero-order valence-electron chi connectivity index (χ0n) is 24.9. The lowest BCUT2D eigenvalue weighted by Gasteiger charge is -2.14. The molecule has 0 amide bonds. The van der Waals surface area contributed by atoms with Crippen LogP contribution in [0.15, 0.2) is 84.9 Å². The average molecular weight is 592 g/mol. The number of carbonyl (C=O) groups is 1. The standard InChI is InChI=1S/C37H37NO4S/c1-26-25-33(17-18-35(26)42-28(3)37(39)40)41-24-20-34(31-13-15-32(16-14-31)36-19-8-27(2)43-36)30-11-9-29(10-12-30)7-6-23-38-21-4-5-22-38/h8-20,25,28H,4-5,21-24H2,1-3H3,(H,39,40)/b34-20-. The topological polar surface area (TPSA) is 59.0 Å². The minimum atomic E-state index is -1.00. The SMILES string of the molecule is Cc1ccc(-c2ccc(/C(=C\COc3ccc(OC(C)C(=O)O)c(C)c3)c3ccc(C#CCN4CCCC4)cc3)cc2)s1. The monoisotopic (exact) mass is 591 g/mol. The smallest absolute Gasteiger partial charge is 0.344 e. The molecule has 1 N–H and O–H groups in total. The third-order valence-electron chi connectivity index (χ3n) is 7.49. The first-order valence-electron chi connectivity index (χ1n) is 14.7. The summed E-state index contributed by atoms with van der Waals surface area (Å²) in [4.78, 5) is 16.1. The van der Waals surface area contributed by atoms with Gasteiger partial charge in [-0.25, -0.2) is 4.79 Å². The highest BCUT2D eigenvalue weighted by Crippen LogP contribution is 2.31. The van der Waals surface area contributed by atoms with Crippen LogP contribution in [0.3, 0.4) is 0 Å². The summed E-state index contributed by atoms with van der Waals surface area (Å²) in [6.45, 7) is 9.01. The summed E-state index contributed by atoms with van der Waals surface area (Å²) in [5, 5.41) is 9.15. The van der Waals surface area contributed by atoms with Crippen LogP contribution in [-0.4, -0.2) is 48.3 Å². The number of benzene rings is 3. The average Bonchev–Trinajstić information content (AvgIpc) is 3.69. The number of likely N-dealkylation sites (tertiary alicyclic amines) is 1. The van der Waals surface area contributed by atoms with Crippen LogP contribution in [0.5, 0.6) is 11.5 Å². The molecule has 3 aromatic carbocycles. The van der Waals surface area contributed by atoms with Crippen LogP contribution in [0.25, 0.3) is 16.0 Å². The maximum atomic E-state index is 11.2. The van der Waals surface area contributed by atoms with Crippen molar-refractivity contribution in [2.24, 2.45) is 0 Å². The van der Waals surface area contributed by atoms with Crippen LogP contribution >= 0.6 is 11.3 Å². The Kier molecular flexibility index (Phi) is 9.99. The number of ether oxygens (including phenoxy) is 2. The van der Waals surface area contributed by atoms with E-state index in [2.05, 4.69) is 90.4 Å². The Bertz CT molecular complexity index is 1630. The van der Waals surface area contributed by atoms with Gasteiger partial charge in [0.05, 0.1) is 6.54 Å². The third-order valence-corrected chi connectivity index (χ3v) is 8.54. The van der Waals surface area contributed by atoms with Crippen molar-refractivity contribution in [2.45, 2.75) is 39.7 Å². The second kappa shape index (κ2) is 14.2. The number of thiophene rings is 1. The minimum Gasteiger partial charge on any atom is -0.489 e. The van der Waals surface area contributed by atoms with Crippen molar-refractivity contribution < 1.29 is 19.4 Å². The van der Waals surface area contributed by atoms with Gasteiger partial charge in [0.25, 0.3) is 0 Å². The molecule has 0 aliphatic carbocycles. The largest absolute Gasteiger partial charge is 0.489 e. The zero-order chi connectivity index (χ0) is 30.2. The van der Waals surface area contributed by atoms with E-state index in [1.165, 1.54) is 35.1 Å². The van der Waals surface area contributed by atoms with Crippen molar-refractivity contribution in [3.05, 3.63) is 112 Å². The first kappa shape index (κ1) is 30.2. The van der Waals surface area contributed by atoms with Crippen molar-refractivity contribution >= 4 is 22.9 Å². The molecule has 220 valence electrons. The Morgan fingerprint density at radius 2 is 1.67 bits per heavy atom. The number of carboxylic acid groups (broad SMARTS) is 1. The number of aliphatic carboxylic acids is 1. The van der Waals surface area contributed by atoms with E-state index in [-0.39, 0.29) is 0 Å². The Morgan fingerprint density at radius 3 is 2.30 bits per heavy atom. The van der Waals surface area contributed by atoms with E-state index in [0.717, 1.165) is 47.5 Å². The van der Waals surface area contributed by atoms with Gasteiger partial charge in [-0.3, -0.25) is 4.90 Å². The molecule has 0 spiro atoms. The molecular formula is C37H37NO4S. The fourth-order valence-corrected chi connectivity index (χ4v) is 5.91. The Morgan fingerprint density at radius 1 is 0.977 bits per heavy atom. The molecule has 2 heterocycles. The van der Waals surface area contributed by atoms with Crippen molar-refractivity contribution in [1.29, 1.82) is 0 Å². The Hall–Kier alpha value is -4.31. The molecule has 1 atom stereocenters.